The molecule has 1 amide bonds. The second-order valence-corrected chi connectivity index (χ2v) is 7.75. The van der Waals surface area contributed by atoms with Crippen LogP contribution in [0.25, 0.3) is 5.65 Å². The van der Waals surface area contributed by atoms with E-state index in [9.17, 15) is 4.79 Å². The van der Waals surface area contributed by atoms with Crippen molar-refractivity contribution in [2.45, 2.75) is 44.2 Å². The lowest BCUT2D eigenvalue weighted by Crippen LogP contribution is -2.25. The highest BCUT2D eigenvalue weighted by Gasteiger charge is 2.26. The van der Waals surface area contributed by atoms with Crippen molar-refractivity contribution in [2.24, 2.45) is 0 Å². The molecule has 1 aliphatic carbocycles. The first-order valence-electron chi connectivity index (χ1n) is 10.4. The van der Waals surface area contributed by atoms with Gasteiger partial charge in [0.2, 0.25) is 0 Å². The van der Waals surface area contributed by atoms with Gasteiger partial charge in [0, 0.05) is 25.8 Å². The maximum absolute atomic E-state index is 12.6. The number of carbonyl (C=O) groups excluding carboxylic acids is 1. The zero-order chi connectivity index (χ0) is 20.5. The van der Waals surface area contributed by atoms with Crippen molar-refractivity contribution in [1.82, 2.24) is 24.9 Å². The van der Waals surface area contributed by atoms with E-state index in [1.54, 1.807) is 10.7 Å². The van der Waals surface area contributed by atoms with E-state index in [-0.39, 0.29) is 18.1 Å². The van der Waals surface area contributed by atoms with Gasteiger partial charge in [-0.1, -0.05) is 6.07 Å². The van der Waals surface area contributed by atoms with Crippen LogP contribution >= 0.6 is 0 Å². The fraction of sp³-hybridized carbons (Fsp3) is 0.429. The van der Waals surface area contributed by atoms with E-state index in [1.807, 2.05) is 31.3 Å². The Kier molecular flexibility index (Phi) is 4.96. The molecular weight excluding hydrogens is 382 g/mol. The number of hydrogen-bond acceptors (Lipinski definition) is 7. The normalized spacial score (nSPS) is 18.9. The highest BCUT2D eigenvalue weighted by atomic mass is 16.5. The van der Waals surface area contributed by atoms with E-state index < -0.39 is 0 Å². The minimum atomic E-state index is -0.145. The van der Waals surface area contributed by atoms with Crippen molar-refractivity contribution < 1.29 is 9.53 Å². The van der Waals surface area contributed by atoms with Crippen molar-refractivity contribution in [3.8, 4) is 0 Å². The second kappa shape index (κ2) is 7.91. The molecule has 0 bridgehead atoms. The lowest BCUT2D eigenvalue weighted by atomic mass is 10.1. The highest BCUT2D eigenvalue weighted by molar-refractivity contribution is 6.00. The van der Waals surface area contributed by atoms with Crippen molar-refractivity contribution in [2.75, 3.05) is 24.3 Å². The summed E-state index contributed by atoms with van der Waals surface area (Å²) in [7, 11) is 1.81. The summed E-state index contributed by atoms with van der Waals surface area (Å²) < 4.78 is 7.49. The Morgan fingerprint density at radius 2 is 2.07 bits per heavy atom. The maximum atomic E-state index is 12.6. The van der Waals surface area contributed by atoms with Crippen LogP contribution in [0.15, 0.2) is 30.5 Å². The summed E-state index contributed by atoms with van der Waals surface area (Å²) in [6.07, 6.45) is 6.90. The molecule has 156 valence electrons. The minimum Gasteiger partial charge on any atom is -0.373 e. The van der Waals surface area contributed by atoms with Crippen LogP contribution in [0.4, 0.5) is 17.5 Å². The van der Waals surface area contributed by atoms with E-state index in [1.165, 1.54) is 0 Å². The van der Waals surface area contributed by atoms with Crippen LogP contribution in [-0.4, -0.2) is 45.2 Å². The van der Waals surface area contributed by atoms with E-state index in [2.05, 4.69) is 26.0 Å². The molecular formula is C21H25N7O2. The molecule has 0 aromatic carbocycles. The van der Waals surface area contributed by atoms with Gasteiger partial charge in [-0.05, 0) is 44.2 Å². The Morgan fingerprint density at radius 1 is 1.17 bits per heavy atom. The molecule has 2 aliphatic rings. The summed E-state index contributed by atoms with van der Waals surface area (Å²) in [6.45, 7) is 0.778. The average Bonchev–Trinajstić information content (AvgIpc) is 3.49. The van der Waals surface area contributed by atoms with Crippen LogP contribution in [0.5, 0.6) is 0 Å². The first kappa shape index (κ1) is 18.8. The first-order chi connectivity index (χ1) is 14.7. The maximum Gasteiger partial charge on any atom is 0.256 e. The predicted octanol–water partition coefficient (Wildman–Crippen LogP) is 3.04. The lowest BCUT2D eigenvalue weighted by Gasteiger charge is -2.22. The van der Waals surface area contributed by atoms with E-state index in [0.717, 1.165) is 50.2 Å². The molecule has 0 spiro atoms. The van der Waals surface area contributed by atoms with Crippen LogP contribution in [0, 0.1) is 0 Å². The van der Waals surface area contributed by atoms with Gasteiger partial charge < -0.3 is 20.7 Å². The van der Waals surface area contributed by atoms with Crippen molar-refractivity contribution in [3.05, 3.63) is 41.7 Å². The third-order valence-corrected chi connectivity index (χ3v) is 5.42. The Bertz CT molecular complexity index is 1070. The first-order valence-corrected chi connectivity index (χ1v) is 10.4. The smallest absolute Gasteiger partial charge is 0.256 e. The topological polar surface area (TPSA) is 105 Å². The molecule has 1 unspecified atom stereocenters. The zero-order valence-corrected chi connectivity index (χ0v) is 16.9. The Balaban J connectivity index is 1.44. The third-order valence-electron chi connectivity index (χ3n) is 5.42. The summed E-state index contributed by atoms with van der Waals surface area (Å²) in [5.74, 6) is 1.85. The van der Waals surface area contributed by atoms with Crippen LogP contribution in [-0.2, 0) is 4.74 Å². The van der Waals surface area contributed by atoms with Crippen molar-refractivity contribution >= 4 is 29.0 Å². The number of anilines is 3. The number of nitrogens with zero attached hydrogens (tertiary/aromatic N) is 4. The molecule has 1 saturated heterocycles. The number of ether oxygens (including phenoxy) is 1. The molecule has 4 heterocycles. The summed E-state index contributed by atoms with van der Waals surface area (Å²) in [6, 6.07) is 7.97. The molecule has 3 N–H and O–H groups in total. The number of carbonyl (C=O) groups is 1. The van der Waals surface area contributed by atoms with Gasteiger partial charge in [-0.3, -0.25) is 4.79 Å². The SMILES string of the molecule is CNc1cc(Nc2cccc(C3CCCCO3)n2)nc2c(C(=O)NC3CC3)cnn12. The van der Waals surface area contributed by atoms with Gasteiger partial charge in [-0.2, -0.15) is 9.61 Å². The van der Waals surface area contributed by atoms with E-state index in [0.29, 0.717) is 22.8 Å². The number of nitrogens with one attached hydrogen (secondary N) is 3. The standard InChI is InChI=1S/C21H25N7O2/c1-22-19-11-18(26-17-7-4-5-15(25-17)16-6-2-3-10-30-16)27-20-14(12-23-28(19)20)21(29)24-13-8-9-13/h4-5,7,11-13,16,22H,2-3,6,8-10H2,1H3,(H,24,29)(H,25,26,27). The van der Waals surface area contributed by atoms with Gasteiger partial charge in [0.1, 0.15) is 23.0 Å². The fourth-order valence-electron chi connectivity index (χ4n) is 3.66. The summed E-state index contributed by atoms with van der Waals surface area (Å²) in [5, 5.41) is 13.7. The summed E-state index contributed by atoms with van der Waals surface area (Å²) in [4.78, 5) is 22.0. The molecule has 5 rings (SSSR count). The fourth-order valence-corrected chi connectivity index (χ4v) is 3.66. The number of pyridine rings is 1. The number of fused-ring (bicyclic) bond motifs is 1. The number of amides is 1. The monoisotopic (exact) mass is 407 g/mol. The molecule has 1 saturated carbocycles. The molecule has 9 nitrogen and oxygen atoms in total. The van der Waals surface area contributed by atoms with Crippen LogP contribution < -0.4 is 16.0 Å². The molecule has 3 aromatic rings. The van der Waals surface area contributed by atoms with Gasteiger partial charge in [0.05, 0.1) is 18.0 Å². The molecule has 1 atom stereocenters. The quantitative estimate of drug-likeness (QED) is 0.577. The zero-order valence-electron chi connectivity index (χ0n) is 16.9. The molecule has 1 aliphatic heterocycles. The molecule has 30 heavy (non-hydrogen) atoms. The highest BCUT2D eigenvalue weighted by Crippen LogP contribution is 2.28. The average molecular weight is 407 g/mol. The molecule has 2 fully saturated rings. The van der Waals surface area contributed by atoms with Crippen LogP contribution in [0.2, 0.25) is 0 Å². The Labute approximate surface area is 174 Å². The third kappa shape index (κ3) is 3.80. The molecule has 3 aromatic heterocycles. The molecule has 0 radical (unpaired) electrons. The van der Waals surface area contributed by atoms with Gasteiger partial charge in [-0.25, -0.2) is 9.97 Å². The number of aromatic nitrogens is 4. The van der Waals surface area contributed by atoms with Crippen molar-refractivity contribution in [1.29, 1.82) is 0 Å². The van der Waals surface area contributed by atoms with E-state index in [4.69, 9.17) is 9.72 Å². The second-order valence-electron chi connectivity index (χ2n) is 7.75. The molecule has 9 heteroatoms. The largest absolute Gasteiger partial charge is 0.373 e. The number of hydrogen-bond donors (Lipinski definition) is 3. The minimum absolute atomic E-state index is 0.0383. The Hall–Kier alpha value is -3.20. The van der Waals surface area contributed by atoms with E-state index >= 15 is 0 Å². The predicted molar refractivity (Wildman–Crippen MR) is 113 cm³/mol. The van der Waals surface area contributed by atoms with Crippen molar-refractivity contribution in [3.63, 3.8) is 0 Å². The summed E-state index contributed by atoms with van der Waals surface area (Å²) in [5.41, 5.74) is 1.87. The number of rotatable bonds is 6. The lowest BCUT2D eigenvalue weighted by molar-refractivity contribution is 0.0124. The summed E-state index contributed by atoms with van der Waals surface area (Å²) >= 11 is 0. The van der Waals surface area contributed by atoms with Crippen LogP contribution in [0.1, 0.15) is 54.3 Å². The van der Waals surface area contributed by atoms with Crippen LogP contribution in [0.3, 0.4) is 0 Å². The van der Waals surface area contributed by atoms with Gasteiger partial charge in [0.25, 0.3) is 5.91 Å². The Morgan fingerprint density at radius 3 is 2.83 bits per heavy atom. The van der Waals surface area contributed by atoms with Gasteiger partial charge in [-0.15, -0.1) is 0 Å². The van der Waals surface area contributed by atoms with Gasteiger partial charge in [0.15, 0.2) is 5.65 Å². The van der Waals surface area contributed by atoms with Gasteiger partial charge >= 0.3 is 0 Å².